The molecule has 1 aliphatic carbocycles. The van der Waals surface area contributed by atoms with E-state index in [1.54, 1.807) is 0 Å². The molecule has 0 spiro atoms. The van der Waals surface area contributed by atoms with Gasteiger partial charge in [-0.2, -0.15) is 0 Å². The number of aryl methyl sites for hydroxylation is 1. The number of ether oxygens (including phenoxy) is 1. The minimum Gasteiger partial charge on any atom is -0.376 e. The summed E-state index contributed by atoms with van der Waals surface area (Å²) in [7, 11) is -3.22. The van der Waals surface area contributed by atoms with Crippen molar-refractivity contribution in [3.63, 3.8) is 0 Å². The molecule has 0 unspecified atom stereocenters. The van der Waals surface area contributed by atoms with E-state index in [2.05, 4.69) is 46.1 Å². The summed E-state index contributed by atoms with van der Waals surface area (Å²) in [5, 5.41) is 3.75. The van der Waals surface area contributed by atoms with E-state index >= 15 is 0 Å². The molecule has 0 amide bonds. The second kappa shape index (κ2) is 7.11. The molecular weight excluding hydrogens is 350 g/mol. The van der Waals surface area contributed by atoms with Crippen LogP contribution >= 0.6 is 0 Å². The van der Waals surface area contributed by atoms with Crippen molar-refractivity contribution in [2.45, 2.75) is 50.4 Å². The van der Waals surface area contributed by atoms with E-state index in [0.717, 1.165) is 39.0 Å². The number of nitrogens with zero attached hydrogens (tertiary/aromatic N) is 1. The highest BCUT2D eigenvalue weighted by Crippen LogP contribution is 2.40. The Morgan fingerprint density at radius 1 is 1.12 bits per heavy atom. The number of sulfonamides is 1. The lowest BCUT2D eigenvalue weighted by Gasteiger charge is -2.50. The standard InChI is InChI=1S/C19H29N3O3S/c1-13-5-3-4-6-16(13)22-10-7-14(8-11-22)20-17-15-9-12-25-19(15)18(17)21-26(2,23)24/h3-6,14-15,17-21H,7-12H2,1-2H3/t15-,17+,18-,19-/m1/s1. The van der Waals surface area contributed by atoms with E-state index in [4.69, 9.17) is 4.74 Å². The van der Waals surface area contributed by atoms with Gasteiger partial charge in [0.15, 0.2) is 0 Å². The SMILES string of the molecule is Cc1ccccc1N1CCC(N[C@H]2[C@H]3CCO[C@H]3[C@@H]2NS(C)(=O)=O)CC1. The van der Waals surface area contributed by atoms with Crippen molar-refractivity contribution in [2.75, 3.05) is 30.9 Å². The second-order valence-corrected chi connectivity index (χ2v) is 9.72. The maximum absolute atomic E-state index is 11.7. The molecule has 2 N–H and O–H groups in total. The first-order valence-corrected chi connectivity index (χ1v) is 11.5. The highest BCUT2D eigenvalue weighted by Gasteiger charge is 2.55. The summed E-state index contributed by atoms with van der Waals surface area (Å²) in [6.07, 6.45) is 4.44. The Kier molecular flexibility index (Phi) is 4.98. The minimum atomic E-state index is -3.22. The average Bonchev–Trinajstić information content (AvgIpc) is 3.03. The summed E-state index contributed by atoms with van der Waals surface area (Å²) in [5.41, 5.74) is 2.65. The van der Waals surface area contributed by atoms with Gasteiger partial charge in [0.05, 0.1) is 18.4 Å². The number of nitrogens with one attached hydrogen (secondary N) is 2. The van der Waals surface area contributed by atoms with Crippen LogP contribution in [0.3, 0.4) is 0 Å². The molecule has 1 saturated carbocycles. The van der Waals surface area contributed by atoms with Crippen LogP contribution in [-0.4, -0.2) is 58.6 Å². The van der Waals surface area contributed by atoms with Gasteiger partial charge in [0.2, 0.25) is 10.0 Å². The van der Waals surface area contributed by atoms with E-state index in [1.165, 1.54) is 17.5 Å². The molecule has 2 aliphatic heterocycles. The summed E-state index contributed by atoms with van der Waals surface area (Å²) >= 11 is 0. The molecular formula is C19H29N3O3S. The number of hydrogen-bond acceptors (Lipinski definition) is 5. The zero-order chi connectivity index (χ0) is 18.3. The fraction of sp³-hybridized carbons (Fsp3) is 0.684. The second-order valence-electron chi connectivity index (χ2n) is 7.94. The van der Waals surface area contributed by atoms with Crippen molar-refractivity contribution >= 4 is 15.7 Å². The highest BCUT2D eigenvalue weighted by atomic mass is 32.2. The van der Waals surface area contributed by atoms with Crippen LogP contribution in [0, 0.1) is 12.8 Å². The van der Waals surface area contributed by atoms with Crippen LogP contribution in [0.2, 0.25) is 0 Å². The zero-order valence-corrected chi connectivity index (χ0v) is 16.3. The molecule has 2 saturated heterocycles. The lowest BCUT2D eigenvalue weighted by molar-refractivity contribution is -0.0256. The molecule has 0 radical (unpaired) electrons. The van der Waals surface area contributed by atoms with E-state index in [9.17, 15) is 8.42 Å². The maximum Gasteiger partial charge on any atom is 0.209 e. The zero-order valence-electron chi connectivity index (χ0n) is 15.5. The van der Waals surface area contributed by atoms with Crippen molar-refractivity contribution in [2.24, 2.45) is 5.92 Å². The lowest BCUT2D eigenvalue weighted by atomic mass is 9.71. The van der Waals surface area contributed by atoms with E-state index in [1.807, 2.05) is 0 Å². The monoisotopic (exact) mass is 379 g/mol. The Labute approximate surface area is 156 Å². The Hall–Kier alpha value is -1.15. The largest absolute Gasteiger partial charge is 0.376 e. The first-order chi connectivity index (χ1) is 12.4. The van der Waals surface area contributed by atoms with Gasteiger partial charge in [0, 0.05) is 43.4 Å². The molecule has 1 aromatic carbocycles. The molecule has 3 aliphatic rings. The minimum absolute atomic E-state index is 0.0364. The van der Waals surface area contributed by atoms with Crippen molar-refractivity contribution < 1.29 is 13.2 Å². The number of rotatable bonds is 5. The molecule has 0 aromatic heterocycles. The van der Waals surface area contributed by atoms with Crippen molar-refractivity contribution in [3.05, 3.63) is 29.8 Å². The van der Waals surface area contributed by atoms with Crippen LogP contribution in [0.1, 0.15) is 24.8 Å². The molecule has 1 aromatic rings. The van der Waals surface area contributed by atoms with E-state index < -0.39 is 10.0 Å². The number of piperidine rings is 1. The first-order valence-electron chi connectivity index (χ1n) is 9.58. The van der Waals surface area contributed by atoms with Gasteiger partial charge in [0.25, 0.3) is 0 Å². The Bertz CT molecular complexity index is 746. The fourth-order valence-corrected chi connectivity index (χ4v) is 5.57. The number of fused-ring (bicyclic) bond motifs is 1. The van der Waals surface area contributed by atoms with E-state index in [-0.39, 0.29) is 18.2 Å². The van der Waals surface area contributed by atoms with Crippen molar-refractivity contribution in [1.82, 2.24) is 10.0 Å². The van der Waals surface area contributed by atoms with E-state index in [0.29, 0.717) is 12.0 Å². The molecule has 6 nitrogen and oxygen atoms in total. The molecule has 2 heterocycles. The van der Waals surface area contributed by atoms with Gasteiger partial charge < -0.3 is 15.0 Å². The quantitative estimate of drug-likeness (QED) is 0.806. The van der Waals surface area contributed by atoms with Gasteiger partial charge in [-0.25, -0.2) is 13.1 Å². The summed E-state index contributed by atoms with van der Waals surface area (Å²) in [5.74, 6) is 0.434. The fourth-order valence-electron chi connectivity index (χ4n) is 4.80. The summed E-state index contributed by atoms with van der Waals surface area (Å²) in [6.45, 7) is 4.96. The average molecular weight is 380 g/mol. The smallest absolute Gasteiger partial charge is 0.209 e. The number of para-hydroxylation sites is 1. The first kappa shape index (κ1) is 18.2. The van der Waals surface area contributed by atoms with Crippen LogP contribution in [0.4, 0.5) is 5.69 Å². The van der Waals surface area contributed by atoms with Gasteiger partial charge in [-0.05, 0) is 37.8 Å². The third kappa shape index (κ3) is 3.63. The van der Waals surface area contributed by atoms with Crippen LogP contribution in [0.25, 0.3) is 0 Å². The van der Waals surface area contributed by atoms with Gasteiger partial charge in [-0.15, -0.1) is 0 Å². The van der Waals surface area contributed by atoms with Gasteiger partial charge >= 0.3 is 0 Å². The molecule has 7 heteroatoms. The predicted molar refractivity (Wildman–Crippen MR) is 103 cm³/mol. The van der Waals surface area contributed by atoms with Gasteiger partial charge in [-0.3, -0.25) is 0 Å². The molecule has 4 rings (SSSR count). The molecule has 4 atom stereocenters. The Morgan fingerprint density at radius 3 is 2.54 bits per heavy atom. The molecule has 26 heavy (non-hydrogen) atoms. The maximum atomic E-state index is 11.7. The third-order valence-electron chi connectivity index (χ3n) is 6.11. The summed E-state index contributed by atoms with van der Waals surface area (Å²) < 4.78 is 31.9. The van der Waals surface area contributed by atoms with Crippen LogP contribution in [-0.2, 0) is 14.8 Å². The number of anilines is 1. The molecule has 144 valence electrons. The van der Waals surface area contributed by atoms with Gasteiger partial charge in [0.1, 0.15) is 0 Å². The highest BCUT2D eigenvalue weighted by molar-refractivity contribution is 7.88. The molecule has 3 fully saturated rings. The predicted octanol–water partition coefficient (Wildman–Crippen LogP) is 1.26. The Morgan fingerprint density at radius 2 is 1.85 bits per heavy atom. The lowest BCUT2D eigenvalue weighted by Crippen LogP contribution is -2.71. The van der Waals surface area contributed by atoms with Gasteiger partial charge in [-0.1, -0.05) is 18.2 Å². The normalized spacial score (nSPS) is 32.3. The Balaban J connectivity index is 1.35. The third-order valence-corrected chi connectivity index (χ3v) is 6.82. The van der Waals surface area contributed by atoms with Crippen molar-refractivity contribution in [1.29, 1.82) is 0 Å². The summed E-state index contributed by atoms with van der Waals surface area (Å²) in [4.78, 5) is 2.46. The summed E-state index contributed by atoms with van der Waals surface area (Å²) in [6, 6.07) is 9.03. The number of hydrogen-bond donors (Lipinski definition) is 2. The van der Waals surface area contributed by atoms with Crippen LogP contribution in [0.15, 0.2) is 24.3 Å². The molecule has 0 bridgehead atoms. The van der Waals surface area contributed by atoms with Crippen LogP contribution < -0.4 is 14.9 Å². The topological polar surface area (TPSA) is 70.7 Å². The van der Waals surface area contributed by atoms with Crippen LogP contribution in [0.5, 0.6) is 0 Å². The number of benzene rings is 1. The van der Waals surface area contributed by atoms with Crippen molar-refractivity contribution in [3.8, 4) is 0 Å².